The highest BCUT2D eigenvalue weighted by molar-refractivity contribution is 5.73. The molecular formula is C38H62N8O21. The van der Waals surface area contributed by atoms with Gasteiger partial charge in [0.15, 0.2) is 25.0 Å². The summed E-state index contributed by atoms with van der Waals surface area (Å²) in [6.45, 7) is 4.57. The first-order valence-electron chi connectivity index (χ1n) is 21.6. The van der Waals surface area contributed by atoms with Crippen LogP contribution in [0.15, 0.2) is 12.4 Å². The van der Waals surface area contributed by atoms with Crippen LogP contribution in [0.5, 0.6) is 0 Å². The van der Waals surface area contributed by atoms with Crippen LogP contribution in [-0.4, -0.2) is 243 Å². The van der Waals surface area contributed by atoms with E-state index in [0.29, 0.717) is 11.4 Å². The first-order valence-corrected chi connectivity index (χ1v) is 21.6. The lowest BCUT2D eigenvalue weighted by Gasteiger charge is -2.47. The monoisotopic (exact) mass is 966 g/mol. The topological polar surface area (TPSA) is 405 Å². The fourth-order valence-electron chi connectivity index (χ4n) is 8.00. The van der Waals surface area contributed by atoms with Crippen molar-refractivity contribution in [1.29, 1.82) is 0 Å². The molecular weight excluding hydrogens is 904 g/mol. The van der Waals surface area contributed by atoms with E-state index in [-0.39, 0.29) is 39.6 Å². The van der Waals surface area contributed by atoms with Gasteiger partial charge in [0.2, 0.25) is 11.8 Å². The summed E-state index contributed by atoms with van der Waals surface area (Å²) >= 11 is 0. The standard InChI is InChI=1S/C38H62N8O21/c1-15-25(51)29(55)31(57)37(62-15)66-33-21(11-47)64-35(23(27(33)53)39-17(3)49)45-9-19(41-43-45)13-60-7-5-59-6-8-61-14-20-10-46(44-42-20)36-24(40-18(4)50)28(54)34(22(12-48)65-36)67-38-32(58)30(56)26(52)16(2)63-38/h9-10,15-16,21-38,47-48,51-58H,5-8,11-14H2,1-4H3,(H,39,49)(H,40,50)/t15-,16-,21+,22+,23+,24+,25+,26+,27+,28+,29+,30+,31-,32-,33+,34+,35+,36+,37-,38-/m0/s1. The normalized spacial score (nSPS) is 39.3. The Kier molecular flexibility index (Phi) is 18.8. The molecule has 0 aromatic carbocycles. The van der Waals surface area contributed by atoms with Crippen LogP contribution in [0.1, 0.15) is 51.5 Å². The number of amides is 2. The Hall–Kier alpha value is -3.54. The first kappa shape index (κ1) is 52.8. The van der Waals surface area contributed by atoms with E-state index >= 15 is 0 Å². The maximum Gasteiger partial charge on any atom is 0.217 e. The molecule has 0 radical (unpaired) electrons. The van der Waals surface area contributed by atoms with Gasteiger partial charge in [-0.25, -0.2) is 9.36 Å². The molecule has 12 N–H and O–H groups in total. The molecule has 0 saturated carbocycles. The molecule has 29 nitrogen and oxygen atoms in total. The van der Waals surface area contributed by atoms with Crippen LogP contribution in [-0.2, 0) is 65.4 Å². The van der Waals surface area contributed by atoms with Crippen molar-refractivity contribution in [2.45, 2.75) is 163 Å². The lowest BCUT2D eigenvalue weighted by molar-refractivity contribution is -0.335. The van der Waals surface area contributed by atoms with E-state index in [0.717, 1.165) is 0 Å². The average molecular weight is 967 g/mol. The number of hydrogen-bond acceptors (Lipinski definition) is 25. The molecule has 67 heavy (non-hydrogen) atoms. The number of aliphatic hydroxyl groups excluding tert-OH is 10. The number of aromatic nitrogens is 6. The van der Waals surface area contributed by atoms with Gasteiger partial charge >= 0.3 is 0 Å². The van der Waals surface area contributed by atoms with E-state index < -0.39 is 148 Å². The van der Waals surface area contributed by atoms with Crippen LogP contribution in [0.25, 0.3) is 0 Å². The molecule has 0 aliphatic carbocycles. The molecule has 29 heteroatoms. The van der Waals surface area contributed by atoms with Gasteiger partial charge < -0.3 is 104 Å². The van der Waals surface area contributed by atoms with Gasteiger partial charge in [0, 0.05) is 13.8 Å². The van der Waals surface area contributed by atoms with Crippen LogP contribution in [0, 0.1) is 0 Å². The summed E-state index contributed by atoms with van der Waals surface area (Å²) in [7, 11) is 0. The van der Waals surface area contributed by atoms with E-state index in [4.69, 9.17) is 42.6 Å². The largest absolute Gasteiger partial charge is 0.394 e. The molecule has 2 amide bonds. The zero-order chi connectivity index (χ0) is 48.7. The first-order chi connectivity index (χ1) is 31.9. The van der Waals surface area contributed by atoms with Crippen molar-refractivity contribution in [3.8, 4) is 0 Å². The zero-order valence-electron chi connectivity index (χ0n) is 37.0. The lowest BCUT2D eigenvalue weighted by atomic mass is 9.94. The number of nitrogens with one attached hydrogen (secondary N) is 2. The molecule has 6 heterocycles. The van der Waals surface area contributed by atoms with Crippen LogP contribution < -0.4 is 10.6 Å². The summed E-state index contributed by atoms with van der Waals surface area (Å²) in [4.78, 5) is 24.4. The Morgan fingerprint density at radius 3 is 1.30 bits per heavy atom. The van der Waals surface area contributed by atoms with Gasteiger partial charge in [0.05, 0.1) is 77.5 Å². The molecule has 20 atom stereocenters. The number of hydrogen-bond donors (Lipinski definition) is 12. The molecule has 4 aliphatic rings. The number of rotatable bonds is 20. The molecule has 4 aliphatic heterocycles. The highest BCUT2D eigenvalue weighted by atomic mass is 16.7. The van der Waals surface area contributed by atoms with E-state index in [1.165, 1.54) is 49.5 Å². The highest BCUT2D eigenvalue weighted by Crippen LogP contribution is 2.35. The molecule has 380 valence electrons. The zero-order valence-corrected chi connectivity index (χ0v) is 37.0. The van der Waals surface area contributed by atoms with Gasteiger partial charge in [-0.3, -0.25) is 9.59 Å². The van der Waals surface area contributed by atoms with Gasteiger partial charge in [-0.15, -0.1) is 10.2 Å². The molecule has 0 unspecified atom stereocenters. The Morgan fingerprint density at radius 2 is 0.940 bits per heavy atom. The molecule has 4 saturated heterocycles. The molecule has 2 aromatic rings. The Morgan fingerprint density at radius 1 is 0.567 bits per heavy atom. The third kappa shape index (κ3) is 12.6. The highest BCUT2D eigenvalue weighted by Gasteiger charge is 2.53. The summed E-state index contributed by atoms with van der Waals surface area (Å²) in [5.74, 6) is -1.08. The van der Waals surface area contributed by atoms with Crippen molar-refractivity contribution in [2.24, 2.45) is 0 Å². The third-order valence-electron chi connectivity index (χ3n) is 11.6. The maximum absolute atomic E-state index is 12.2. The SMILES string of the molecule is CC(=O)N[C@@H]1[C@@H](O)[C@H](O[C@@H]2O[C@@H](C)[C@@H](O)[C@@H](O)[C@@H]2O)[C@@H](CO)O[C@H]1n1cc(COCCOCCOCc2cn([C@@H]3O[C@H](CO)[C@@H](O[C@@H]4O[C@@H](C)[C@@H](O)[C@@H](O)[C@@H]4O)[C@H](O)[C@H]3NC(C)=O)nn2)nn1. The van der Waals surface area contributed by atoms with Crippen LogP contribution >= 0.6 is 0 Å². The second-order valence-electron chi connectivity index (χ2n) is 16.6. The van der Waals surface area contributed by atoms with Gasteiger partial charge in [-0.05, 0) is 13.8 Å². The summed E-state index contributed by atoms with van der Waals surface area (Å²) in [6, 6.07) is -2.40. The molecule has 6 rings (SSSR count). The van der Waals surface area contributed by atoms with E-state index in [9.17, 15) is 60.7 Å². The van der Waals surface area contributed by atoms with Gasteiger partial charge in [0.25, 0.3) is 0 Å². The van der Waals surface area contributed by atoms with Crippen molar-refractivity contribution >= 4 is 11.8 Å². The fourth-order valence-corrected chi connectivity index (χ4v) is 8.00. The quantitative estimate of drug-likeness (QED) is 0.0549. The summed E-state index contributed by atoms with van der Waals surface area (Å²) in [6.07, 6.45) is -22.2. The van der Waals surface area contributed by atoms with E-state index in [1.54, 1.807) is 0 Å². The molecule has 4 fully saturated rings. The van der Waals surface area contributed by atoms with Crippen LogP contribution in [0.4, 0.5) is 0 Å². The average Bonchev–Trinajstić information content (AvgIpc) is 3.98. The maximum atomic E-state index is 12.2. The van der Waals surface area contributed by atoms with E-state index in [1.807, 2.05) is 0 Å². The second-order valence-corrected chi connectivity index (χ2v) is 16.6. The van der Waals surface area contributed by atoms with E-state index in [2.05, 4.69) is 31.3 Å². The molecule has 0 spiro atoms. The smallest absolute Gasteiger partial charge is 0.217 e. The van der Waals surface area contributed by atoms with Crippen molar-refractivity contribution in [3.05, 3.63) is 23.8 Å². The predicted molar refractivity (Wildman–Crippen MR) is 214 cm³/mol. The number of aliphatic hydroxyl groups is 10. The molecule has 2 aromatic heterocycles. The number of nitrogens with zero attached hydrogens (tertiary/aromatic N) is 6. The number of carbonyl (C=O) groups is 2. The lowest BCUT2D eigenvalue weighted by Crippen LogP contribution is -2.65. The second kappa shape index (κ2) is 23.9. The summed E-state index contributed by atoms with van der Waals surface area (Å²) in [5, 5.41) is 126. The third-order valence-corrected chi connectivity index (χ3v) is 11.6. The minimum atomic E-state index is -1.70. The Bertz CT molecular complexity index is 1740. The van der Waals surface area contributed by atoms with Crippen molar-refractivity contribution in [3.63, 3.8) is 0 Å². The van der Waals surface area contributed by atoms with Crippen molar-refractivity contribution in [1.82, 2.24) is 40.6 Å². The molecule has 0 bridgehead atoms. The summed E-state index contributed by atoms with van der Waals surface area (Å²) in [5.41, 5.74) is 0.690. The predicted octanol–water partition coefficient (Wildman–Crippen LogP) is -7.44. The Labute approximate surface area is 382 Å². The van der Waals surface area contributed by atoms with Crippen molar-refractivity contribution in [2.75, 3.05) is 39.6 Å². The summed E-state index contributed by atoms with van der Waals surface area (Å²) < 4.78 is 53.9. The fraction of sp³-hybridized carbons (Fsp3) is 0.842. The minimum Gasteiger partial charge on any atom is -0.394 e. The van der Waals surface area contributed by atoms with Crippen LogP contribution in [0.3, 0.4) is 0 Å². The number of ether oxygens (including phenoxy) is 9. The van der Waals surface area contributed by atoms with Gasteiger partial charge in [-0.2, -0.15) is 0 Å². The Balaban J connectivity index is 0.930. The van der Waals surface area contributed by atoms with Gasteiger partial charge in [-0.1, -0.05) is 10.4 Å². The van der Waals surface area contributed by atoms with Crippen LogP contribution in [0.2, 0.25) is 0 Å². The van der Waals surface area contributed by atoms with Gasteiger partial charge in [0.1, 0.15) is 96.7 Å². The minimum absolute atomic E-state index is 0.0161. The number of carbonyl (C=O) groups excluding carboxylic acids is 2. The van der Waals surface area contributed by atoms with Crippen molar-refractivity contribution < 1.29 is 103 Å².